The van der Waals surface area contributed by atoms with Gasteiger partial charge in [0, 0.05) is 4.47 Å². The lowest BCUT2D eigenvalue weighted by Crippen LogP contribution is -2.23. The average Bonchev–Trinajstić information content (AvgIpc) is 3.27. The number of hydrogen-bond donors (Lipinski definition) is 0. The Morgan fingerprint density at radius 1 is 0.929 bits per heavy atom. The lowest BCUT2D eigenvalue weighted by atomic mass is 9.97. The van der Waals surface area contributed by atoms with E-state index in [4.69, 9.17) is 11.6 Å². The van der Waals surface area contributed by atoms with E-state index in [2.05, 4.69) is 15.9 Å². The number of alkyl halides is 3. The van der Waals surface area contributed by atoms with Gasteiger partial charge in [-0.25, -0.2) is 8.42 Å². The fourth-order valence-electron chi connectivity index (χ4n) is 3.76. The van der Waals surface area contributed by atoms with Gasteiger partial charge in [-0.1, -0.05) is 29.8 Å². The van der Waals surface area contributed by atoms with Crippen LogP contribution < -0.4 is 0 Å². The first kappa shape index (κ1) is 20.0. The lowest BCUT2D eigenvalue weighted by molar-refractivity contribution is -0.0436. The van der Waals surface area contributed by atoms with E-state index in [0.717, 1.165) is 64.6 Å². The van der Waals surface area contributed by atoms with Gasteiger partial charge in [0.1, 0.15) is 0 Å². The molecule has 0 saturated heterocycles. The summed E-state index contributed by atoms with van der Waals surface area (Å²) < 4.78 is 62.3. The zero-order valence-corrected chi connectivity index (χ0v) is 17.6. The molecule has 4 rings (SSSR count). The minimum atomic E-state index is -5.34. The summed E-state index contributed by atoms with van der Waals surface area (Å²) >= 11 is 9.53. The molecule has 0 bridgehead atoms. The van der Waals surface area contributed by atoms with Crippen molar-refractivity contribution in [1.29, 1.82) is 0 Å². The van der Waals surface area contributed by atoms with Gasteiger partial charge in [0.2, 0.25) is 0 Å². The Bertz CT molecular complexity index is 1090. The third kappa shape index (κ3) is 3.42. The summed E-state index contributed by atoms with van der Waals surface area (Å²) in [4.78, 5) is -0.737. The Kier molecular flexibility index (Phi) is 4.71. The molecule has 0 aliphatic heterocycles. The predicted octanol–water partition coefficient (Wildman–Crippen LogP) is 6.88. The maximum absolute atomic E-state index is 12.8. The highest BCUT2D eigenvalue weighted by Gasteiger charge is 2.49. The van der Waals surface area contributed by atoms with Crippen molar-refractivity contribution in [3.63, 3.8) is 0 Å². The molecule has 0 atom stereocenters. The largest absolute Gasteiger partial charge is 0.501 e. The Hall–Kier alpha value is -1.31. The summed E-state index contributed by atoms with van der Waals surface area (Å²) in [5.74, 6) is 0. The fraction of sp³-hybridized carbons (Fsp3) is 0.300. The molecule has 1 saturated carbocycles. The number of rotatable bonds is 3. The van der Waals surface area contributed by atoms with Crippen LogP contribution in [0.25, 0.3) is 11.1 Å². The molecule has 2 aliphatic carbocycles. The molecule has 1 fully saturated rings. The smallest absolute Gasteiger partial charge is 0.214 e. The van der Waals surface area contributed by atoms with E-state index < -0.39 is 20.2 Å². The minimum Gasteiger partial charge on any atom is -0.214 e. The molecule has 2 aliphatic rings. The van der Waals surface area contributed by atoms with Crippen molar-refractivity contribution in [3.8, 4) is 0 Å². The van der Waals surface area contributed by atoms with E-state index in [1.807, 2.05) is 18.2 Å². The predicted molar refractivity (Wildman–Crippen MR) is 107 cm³/mol. The van der Waals surface area contributed by atoms with Crippen molar-refractivity contribution in [2.24, 2.45) is 5.41 Å². The number of sulfone groups is 1. The van der Waals surface area contributed by atoms with Crippen molar-refractivity contribution >= 4 is 48.5 Å². The van der Waals surface area contributed by atoms with Gasteiger partial charge >= 0.3 is 5.51 Å². The second kappa shape index (κ2) is 6.61. The summed E-state index contributed by atoms with van der Waals surface area (Å²) in [6, 6.07) is 10.7. The molecule has 0 unspecified atom stereocenters. The van der Waals surface area contributed by atoms with Crippen LogP contribution >= 0.6 is 27.5 Å². The van der Waals surface area contributed by atoms with Crippen LogP contribution in [0.4, 0.5) is 13.2 Å². The van der Waals surface area contributed by atoms with E-state index >= 15 is 0 Å². The molecule has 28 heavy (non-hydrogen) atoms. The molecule has 0 radical (unpaired) electrons. The molecule has 0 N–H and O–H groups in total. The molecular formula is C20H15BrClF3O2S. The molecule has 0 aromatic heterocycles. The summed E-state index contributed by atoms with van der Waals surface area (Å²) in [5, 5.41) is 0.603. The van der Waals surface area contributed by atoms with Gasteiger partial charge in [0.05, 0.1) is 9.92 Å². The van der Waals surface area contributed by atoms with Crippen LogP contribution in [-0.4, -0.2) is 13.9 Å². The molecule has 0 heterocycles. The van der Waals surface area contributed by atoms with Gasteiger partial charge in [-0.15, -0.1) is 0 Å². The Balaban J connectivity index is 1.76. The standard InChI is InChI=1S/C20H15BrClF3O2S/c21-17-9-13(3-6-18(17)22)16-11-19(7-8-19)10-15(16)12-1-4-14(5-2-12)28(26,27)20(23,24)25/h1-6,9H,7-8,10-11H2. The molecule has 2 aromatic rings. The zero-order chi connectivity index (χ0) is 20.3. The number of benzene rings is 2. The monoisotopic (exact) mass is 490 g/mol. The summed E-state index contributed by atoms with van der Waals surface area (Å²) in [5.41, 5.74) is -1.11. The molecule has 2 nitrogen and oxygen atoms in total. The van der Waals surface area contributed by atoms with E-state index in [1.165, 1.54) is 12.1 Å². The number of allylic oxidation sites excluding steroid dienone is 2. The van der Waals surface area contributed by atoms with Gasteiger partial charge in [-0.3, -0.25) is 0 Å². The quantitative estimate of drug-likeness (QED) is 0.469. The second-order valence-corrected chi connectivity index (χ2v) is 10.6. The maximum Gasteiger partial charge on any atom is 0.501 e. The first-order valence-corrected chi connectivity index (χ1v) is 11.3. The van der Waals surface area contributed by atoms with Gasteiger partial charge < -0.3 is 0 Å². The second-order valence-electron chi connectivity index (χ2n) is 7.41. The van der Waals surface area contributed by atoms with Gasteiger partial charge in [-0.2, -0.15) is 13.2 Å². The van der Waals surface area contributed by atoms with Crippen LogP contribution in [-0.2, 0) is 9.84 Å². The molecule has 148 valence electrons. The van der Waals surface area contributed by atoms with Crippen molar-refractivity contribution < 1.29 is 21.6 Å². The molecule has 0 amide bonds. The lowest BCUT2D eigenvalue weighted by Gasteiger charge is -2.11. The van der Waals surface area contributed by atoms with Crippen molar-refractivity contribution in [2.45, 2.75) is 36.1 Å². The highest BCUT2D eigenvalue weighted by Crippen LogP contribution is 2.63. The van der Waals surface area contributed by atoms with E-state index in [1.54, 1.807) is 0 Å². The maximum atomic E-state index is 12.8. The molecular weight excluding hydrogens is 477 g/mol. The number of hydrogen-bond acceptors (Lipinski definition) is 2. The van der Waals surface area contributed by atoms with Crippen LogP contribution in [0.5, 0.6) is 0 Å². The Morgan fingerprint density at radius 3 is 1.96 bits per heavy atom. The van der Waals surface area contributed by atoms with Crippen molar-refractivity contribution in [2.75, 3.05) is 0 Å². The van der Waals surface area contributed by atoms with Crippen LogP contribution in [0.15, 0.2) is 51.8 Å². The SMILES string of the molecule is O=S(=O)(c1ccc(C2=C(c3ccc(Cl)c(Br)c3)CC3(CC3)C2)cc1)C(F)(F)F. The van der Waals surface area contributed by atoms with Crippen LogP contribution in [0.3, 0.4) is 0 Å². The zero-order valence-electron chi connectivity index (χ0n) is 14.5. The highest BCUT2D eigenvalue weighted by atomic mass is 79.9. The third-order valence-corrected chi connectivity index (χ3v) is 8.23. The van der Waals surface area contributed by atoms with Gasteiger partial charge in [0.15, 0.2) is 0 Å². The molecule has 1 spiro atoms. The van der Waals surface area contributed by atoms with Gasteiger partial charge in [0.25, 0.3) is 9.84 Å². The normalized spacial score (nSPS) is 18.8. The average molecular weight is 492 g/mol. The summed E-state index contributed by atoms with van der Waals surface area (Å²) in [6.07, 6.45) is 3.98. The Labute approximate surface area is 174 Å². The fourth-order valence-corrected chi connectivity index (χ4v) is 5.02. The van der Waals surface area contributed by atoms with E-state index in [-0.39, 0.29) is 5.41 Å². The Morgan fingerprint density at radius 2 is 1.46 bits per heavy atom. The van der Waals surface area contributed by atoms with Crippen molar-refractivity contribution in [1.82, 2.24) is 0 Å². The van der Waals surface area contributed by atoms with Crippen LogP contribution in [0, 0.1) is 5.41 Å². The molecule has 8 heteroatoms. The third-order valence-electron chi connectivity index (χ3n) is 5.51. The number of halogens is 5. The van der Waals surface area contributed by atoms with Crippen LogP contribution in [0.2, 0.25) is 5.02 Å². The summed E-state index contributed by atoms with van der Waals surface area (Å²) in [7, 11) is -5.34. The first-order chi connectivity index (χ1) is 13.0. The van der Waals surface area contributed by atoms with E-state index in [0.29, 0.717) is 5.02 Å². The minimum absolute atomic E-state index is 0.230. The van der Waals surface area contributed by atoms with E-state index in [9.17, 15) is 21.6 Å². The topological polar surface area (TPSA) is 34.1 Å². The van der Waals surface area contributed by atoms with Crippen molar-refractivity contribution in [3.05, 3.63) is 63.1 Å². The highest BCUT2D eigenvalue weighted by molar-refractivity contribution is 9.10. The van der Waals surface area contributed by atoms with Gasteiger partial charge in [-0.05, 0) is 93.6 Å². The first-order valence-electron chi connectivity index (χ1n) is 8.62. The molecule has 2 aromatic carbocycles. The van der Waals surface area contributed by atoms with Crippen LogP contribution in [0.1, 0.15) is 36.8 Å². The summed E-state index contributed by atoms with van der Waals surface area (Å²) in [6.45, 7) is 0.